The van der Waals surface area contributed by atoms with Gasteiger partial charge in [0.2, 0.25) is 5.60 Å². The number of amides is 2. The zero-order chi connectivity index (χ0) is 28.3. The number of hydrogen-bond donors (Lipinski definition) is 0. The molecule has 0 saturated carbocycles. The van der Waals surface area contributed by atoms with Crippen LogP contribution in [0.25, 0.3) is 0 Å². The van der Waals surface area contributed by atoms with E-state index in [1.807, 2.05) is 18.2 Å². The summed E-state index contributed by atoms with van der Waals surface area (Å²) in [6.45, 7) is 1.86. The molecule has 3 aromatic rings. The van der Waals surface area contributed by atoms with E-state index in [2.05, 4.69) is 14.9 Å². The molecule has 41 heavy (non-hydrogen) atoms. The standard InChI is InChI=1S/C28H27ClF3N5O3.ClH/c29-20-5-7-21(8-6-20)40-27(26(39)36-16-14-35(15-17-36)24-4-1-2-11-34-24)10-3-13-37(19-27)25(38)22-18-33-12-9-23(22)28(30,31)32;/h1-2,4-9,11-12,18H,3,10,13-17,19H2;1H. The van der Waals surface area contributed by atoms with E-state index in [4.69, 9.17) is 16.3 Å². The first kappa shape index (κ1) is 30.4. The zero-order valence-corrected chi connectivity index (χ0v) is 23.5. The minimum Gasteiger partial charge on any atom is -0.476 e. The summed E-state index contributed by atoms with van der Waals surface area (Å²) in [4.78, 5) is 40.7. The Hall–Kier alpha value is -3.57. The maximum Gasteiger partial charge on any atom is 0.417 e. The van der Waals surface area contributed by atoms with Crippen molar-refractivity contribution in [2.75, 3.05) is 44.2 Å². The van der Waals surface area contributed by atoms with Crippen molar-refractivity contribution < 1.29 is 27.5 Å². The molecule has 0 N–H and O–H groups in total. The molecule has 13 heteroatoms. The molecule has 4 heterocycles. The van der Waals surface area contributed by atoms with Gasteiger partial charge in [-0.2, -0.15) is 13.2 Å². The lowest BCUT2D eigenvalue weighted by Gasteiger charge is -2.45. The number of nitrogens with zero attached hydrogens (tertiary/aromatic N) is 5. The third kappa shape index (κ3) is 6.68. The summed E-state index contributed by atoms with van der Waals surface area (Å²) < 4.78 is 47.3. The highest BCUT2D eigenvalue weighted by Crippen LogP contribution is 2.35. The van der Waals surface area contributed by atoms with Crippen LogP contribution in [0.4, 0.5) is 19.0 Å². The van der Waals surface area contributed by atoms with E-state index in [9.17, 15) is 22.8 Å². The van der Waals surface area contributed by atoms with Gasteiger partial charge in [0.1, 0.15) is 11.6 Å². The van der Waals surface area contributed by atoms with Crippen molar-refractivity contribution in [2.24, 2.45) is 0 Å². The van der Waals surface area contributed by atoms with E-state index < -0.39 is 28.8 Å². The molecule has 2 saturated heterocycles. The minimum absolute atomic E-state index is 0. The highest BCUT2D eigenvalue weighted by molar-refractivity contribution is 6.30. The number of ether oxygens (including phenoxy) is 1. The number of benzene rings is 1. The second-order valence-electron chi connectivity index (χ2n) is 9.77. The number of carbonyl (C=O) groups is 2. The number of aromatic nitrogens is 2. The SMILES string of the molecule is Cl.O=C(c1cnccc1C(F)(F)F)N1CCCC(Oc2ccc(Cl)cc2)(C(=O)N2CCN(c3ccccn3)CC2)C1. The molecule has 1 aromatic carbocycles. The molecule has 0 aliphatic carbocycles. The van der Waals surface area contributed by atoms with Crippen LogP contribution in [0.3, 0.4) is 0 Å². The van der Waals surface area contributed by atoms with Gasteiger partial charge < -0.3 is 19.4 Å². The predicted molar refractivity (Wildman–Crippen MR) is 149 cm³/mol. The van der Waals surface area contributed by atoms with Gasteiger partial charge in [0.05, 0.1) is 17.7 Å². The lowest BCUT2D eigenvalue weighted by Crippen LogP contribution is -2.64. The van der Waals surface area contributed by atoms with Crippen LogP contribution in [0.1, 0.15) is 28.8 Å². The van der Waals surface area contributed by atoms with Crippen molar-refractivity contribution in [1.29, 1.82) is 0 Å². The fraction of sp³-hybridized carbons (Fsp3) is 0.357. The summed E-state index contributed by atoms with van der Waals surface area (Å²) >= 11 is 6.03. The smallest absolute Gasteiger partial charge is 0.417 e. The number of anilines is 1. The summed E-state index contributed by atoms with van der Waals surface area (Å²) in [5, 5.41) is 0.482. The summed E-state index contributed by atoms with van der Waals surface area (Å²) in [6.07, 6.45) is -0.456. The molecular formula is C28H28Cl2F3N5O3. The molecule has 2 amide bonds. The van der Waals surface area contributed by atoms with Gasteiger partial charge in [0.25, 0.3) is 11.8 Å². The number of likely N-dealkylation sites (tertiary alicyclic amines) is 1. The Morgan fingerprint density at radius 3 is 2.32 bits per heavy atom. The molecule has 0 radical (unpaired) electrons. The van der Waals surface area contributed by atoms with Crippen molar-refractivity contribution in [3.63, 3.8) is 0 Å². The monoisotopic (exact) mass is 609 g/mol. The number of rotatable bonds is 5. The third-order valence-corrected chi connectivity index (χ3v) is 7.41. The molecule has 5 rings (SSSR count). The van der Waals surface area contributed by atoms with E-state index in [0.717, 1.165) is 24.3 Å². The van der Waals surface area contributed by atoms with Crippen LogP contribution < -0.4 is 9.64 Å². The first-order chi connectivity index (χ1) is 19.2. The normalized spacial score (nSPS) is 19.4. The first-order valence-corrected chi connectivity index (χ1v) is 13.2. The molecule has 2 aliphatic heterocycles. The van der Waals surface area contributed by atoms with Gasteiger partial charge in [0, 0.05) is 56.3 Å². The molecule has 2 fully saturated rings. The van der Waals surface area contributed by atoms with Crippen molar-refractivity contribution in [1.82, 2.24) is 19.8 Å². The largest absolute Gasteiger partial charge is 0.476 e. The summed E-state index contributed by atoms with van der Waals surface area (Å²) in [5.74, 6) is 0.0180. The van der Waals surface area contributed by atoms with E-state index in [0.29, 0.717) is 43.4 Å². The minimum atomic E-state index is -4.73. The highest BCUT2D eigenvalue weighted by Gasteiger charge is 2.49. The van der Waals surface area contributed by atoms with Crippen LogP contribution >= 0.6 is 24.0 Å². The first-order valence-electron chi connectivity index (χ1n) is 12.9. The Labute approximate surface area is 246 Å². The van der Waals surface area contributed by atoms with Crippen LogP contribution in [0.2, 0.25) is 5.02 Å². The fourth-order valence-corrected chi connectivity index (χ4v) is 5.30. The van der Waals surface area contributed by atoms with E-state index >= 15 is 0 Å². The van der Waals surface area contributed by atoms with Gasteiger partial charge in [-0.25, -0.2) is 4.98 Å². The average molecular weight is 610 g/mol. The molecular weight excluding hydrogens is 582 g/mol. The average Bonchev–Trinajstić information content (AvgIpc) is 2.98. The van der Waals surface area contributed by atoms with Gasteiger partial charge in [-0.1, -0.05) is 17.7 Å². The van der Waals surface area contributed by atoms with Crippen LogP contribution in [-0.2, 0) is 11.0 Å². The predicted octanol–water partition coefficient (Wildman–Crippen LogP) is 4.97. The van der Waals surface area contributed by atoms with Gasteiger partial charge in [-0.15, -0.1) is 12.4 Å². The summed E-state index contributed by atoms with van der Waals surface area (Å²) in [7, 11) is 0. The topological polar surface area (TPSA) is 78.9 Å². The van der Waals surface area contributed by atoms with Gasteiger partial charge in [0.15, 0.2) is 0 Å². The molecule has 1 atom stereocenters. The number of pyridine rings is 2. The fourth-order valence-electron chi connectivity index (χ4n) is 5.18. The van der Waals surface area contributed by atoms with Crippen molar-refractivity contribution in [3.05, 3.63) is 83.3 Å². The summed E-state index contributed by atoms with van der Waals surface area (Å²) in [6, 6.07) is 12.9. The molecule has 218 valence electrons. The third-order valence-electron chi connectivity index (χ3n) is 7.16. The Bertz CT molecular complexity index is 1360. The zero-order valence-electron chi connectivity index (χ0n) is 21.9. The Morgan fingerprint density at radius 1 is 0.927 bits per heavy atom. The molecule has 2 aliphatic rings. The number of hydrogen-bond acceptors (Lipinski definition) is 6. The highest BCUT2D eigenvalue weighted by atomic mass is 35.5. The molecule has 1 unspecified atom stereocenters. The Balaban J connectivity index is 0.00000387. The lowest BCUT2D eigenvalue weighted by molar-refractivity contribution is -0.153. The molecule has 8 nitrogen and oxygen atoms in total. The van der Waals surface area contributed by atoms with Gasteiger partial charge in [-0.05, 0) is 55.3 Å². The summed E-state index contributed by atoms with van der Waals surface area (Å²) in [5.41, 5.74) is -3.12. The van der Waals surface area contributed by atoms with E-state index in [1.54, 1.807) is 35.4 Å². The van der Waals surface area contributed by atoms with Crippen LogP contribution in [0.15, 0.2) is 67.1 Å². The van der Waals surface area contributed by atoms with Crippen molar-refractivity contribution in [3.8, 4) is 5.75 Å². The number of carbonyl (C=O) groups excluding carboxylic acids is 2. The van der Waals surface area contributed by atoms with Crippen LogP contribution in [0, 0.1) is 0 Å². The van der Waals surface area contributed by atoms with Gasteiger partial charge in [-0.3, -0.25) is 14.6 Å². The molecule has 0 spiro atoms. The van der Waals surface area contributed by atoms with Crippen molar-refractivity contribution in [2.45, 2.75) is 24.6 Å². The van der Waals surface area contributed by atoms with Crippen LogP contribution in [-0.4, -0.2) is 76.5 Å². The maximum absolute atomic E-state index is 14.1. The quantitative estimate of drug-likeness (QED) is 0.406. The Kier molecular flexibility index (Phi) is 9.28. The number of piperazine rings is 1. The van der Waals surface area contributed by atoms with Gasteiger partial charge >= 0.3 is 6.18 Å². The van der Waals surface area contributed by atoms with Crippen molar-refractivity contribution >= 4 is 41.6 Å². The molecule has 0 bridgehead atoms. The second kappa shape index (κ2) is 12.5. The maximum atomic E-state index is 14.1. The second-order valence-corrected chi connectivity index (χ2v) is 10.2. The molecule has 2 aromatic heterocycles. The van der Waals surface area contributed by atoms with E-state index in [-0.39, 0.29) is 37.8 Å². The Morgan fingerprint density at radius 2 is 1.66 bits per heavy atom. The number of alkyl halides is 3. The lowest BCUT2D eigenvalue weighted by atomic mass is 9.89. The number of halogens is 5. The van der Waals surface area contributed by atoms with Crippen LogP contribution in [0.5, 0.6) is 5.75 Å². The van der Waals surface area contributed by atoms with E-state index in [1.165, 1.54) is 4.90 Å². The number of piperidine rings is 1.